The second-order valence-corrected chi connectivity index (χ2v) is 2.43. The van der Waals surface area contributed by atoms with E-state index in [0.29, 0.717) is 0 Å². The van der Waals surface area contributed by atoms with Gasteiger partial charge >= 0.3 is 0 Å². The summed E-state index contributed by atoms with van der Waals surface area (Å²) in [5, 5.41) is 19.2. The van der Waals surface area contributed by atoms with E-state index in [1.54, 1.807) is 0 Å². The van der Waals surface area contributed by atoms with Crippen LogP contribution in [0.2, 0.25) is 0 Å². The van der Waals surface area contributed by atoms with Crippen molar-refractivity contribution in [1.82, 2.24) is 5.32 Å². The number of rotatable bonds is 5. The summed E-state index contributed by atoms with van der Waals surface area (Å²) in [5.41, 5.74) is 0. The van der Waals surface area contributed by atoms with E-state index in [4.69, 9.17) is 10.2 Å². The molecular weight excluding hydrogens is 182 g/mol. The molecule has 69 valence electrons. The summed E-state index contributed by atoms with van der Waals surface area (Å²) in [7, 11) is 0. The Labute approximate surface area is 75.2 Å². The molecule has 0 aromatic carbocycles. The molecule has 5 nitrogen and oxygen atoms in total. The van der Waals surface area contributed by atoms with Crippen LogP contribution in [0, 0.1) is 0 Å². The first-order valence-corrected chi connectivity index (χ1v) is 3.86. The van der Waals surface area contributed by atoms with Crippen molar-refractivity contribution in [2.75, 3.05) is 12.4 Å². The molecular formula is C6H10NO4S. The lowest BCUT2D eigenvalue weighted by molar-refractivity contribution is -0.131. The molecule has 0 saturated heterocycles. The van der Waals surface area contributed by atoms with Crippen LogP contribution < -0.4 is 5.32 Å². The van der Waals surface area contributed by atoms with Crippen molar-refractivity contribution in [3.63, 3.8) is 0 Å². The summed E-state index contributed by atoms with van der Waals surface area (Å²) >= 11 is 3.75. The second-order valence-electron chi connectivity index (χ2n) is 2.06. The molecule has 0 rings (SSSR count). The lowest BCUT2D eigenvalue weighted by atomic mass is 10.3. The van der Waals surface area contributed by atoms with Gasteiger partial charge in [0.15, 0.2) is 6.10 Å². The number of hydrogen-bond donors (Lipinski definition) is 4. The molecule has 0 aliphatic rings. The van der Waals surface area contributed by atoms with Crippen molar-refractivity contribution in [1.29, 1.82) is 0 Å². The molecule has 6 heteroatoms. The molecule has 1 radical (unpaired) electrons. The van der Waals surface area contributed by atoms with Crippen molar-refractivity contribution in [3.8, 4) is 0 Å². The number of aliphatic hydroxyl groups is 2. The van der Waals surface area contributed by atoms with Gasteiger partial charge in [0.05, 0.1) is 6.61 Å². The number of hydrogen-bond acceptors (Lipinski definition) is 5. The molecule has 0 aliphatic carbocycles. The fraction of sp³-hybridized carbons (Fsp3) is 0.667. The summed E-state index contributed by atoms with van der Waals surface area (Å²) in [5.74, 6) is -0.701. The highest BCUT2D eigenvalue weighted by Gasteiger charge is 2.17. The van der Waals surface area contributed by atoms with Crippen LogP contribution in [0.4, 0.5) is 0 Å². The van der Waals surface area contributed by atoms with Gasteiger partial charge in [-0.25, -0.2) is 0 Å². The minimum atomic E-state index is -1.50. The predicted molar refractivity (Wildman–Crippen MR) is 44.6 cm³/mol. The largest absolute Gasteiger partial charge is 0.393 e. The van der Waals surface area contributed by atoms with Crippen LogP contribution in [0.3, 0.4) is 0 Å². The standard InChI is InChI=1S/C6H10NO4S/c8-1-4(3-12)7-6(11)5(10)2-9/h4-5,9-10,12H,2-3H2,(H,7,11). The molecule has 0 heterocycles. The quantitative estimate of drug-likeness (QED) is 0.375. The number of amides is 1. The number of thiol groups is 1. The summed E-state index contributed by atoms with van der Waals surface area (Å²) < 4.78 is 0. The van der Waals surface area contributed by atoms with Crippen LogP contribution in [0.5, 0.6) is 0 Å². The van der Waals surface area contributed by atoms with Crippen molar-refractivity contribution < 1.29 is 19.8 Å². The zero-order valence-electron chi connectivity index (χ0n) is 6.23. The lowest BCUT2D eigenvalue weighted by Crippen LogP contribution is -2.44. The first-order chi connectivity index (χ1) is 5.65. The third-order valence-electron chi connectivity index (χ3n) is 1.12. The maximum Gasteiger partial charge on any atom is 0.251 e. The Morgan fingerprint density at radius 2 is 2.25 bits per heavy atom. The van der Waals surface area contributed by atoms with E-state index < -0.39 is 24.7 Å². The highest BCUT2D eigenvalue weighted by molar-refractivity contribution is 7.80. The number of nitrogens with one attached hydrogen (secondary N) is 1. The van der Waals surface area contributed by atoms with Crippen LogP contribution in [0.1, 0.15) is 0 Å². The molecule has 1 amide bonds. The fourth-order valence-corrected chi connectivity index (χ4v) is 0.629. The molecule has 3 N–H and O–H groups in total. The molecule has 0 aromatic heterocycles. The highest BCUT2D eigenvalue weighted by Crippen LogP contribution is 1.86. The van der Waals surface area contributed by atoms with Gasteiger partial charge in [0.1, 0.15) is 6.04 Å². The smallest absolute Gasteiger partial charge is 0.251 e. The number of carbonyl (C=O) groups excluding carboxylic acids is 2. The third-order valence-corrected chi connectivity index (χ3v) is 1.48. The summed E-state index contributed by atoms with van der Waals surface area (Å²) in [6.45, 7) is -0.677. The topological polar surface area (TPSA) is 86.6 Å². The maximum absolute atomic E-state index is 10.8. The SMILES string of the molecule is O=[C]C(CS)NC(=O)C(O)CO. The Morgan fingerprint density at radius 3 is 2.58 bits per heavy atom. The Balaban J connectivity index is 3.89. The van der Waals surface area contributed by atoms with E-state index >= 15 is 0 Å². The molecule has 0 bridgehead atoms. The van der Waals surface area contributed by atoms with Crippen molar-refractivity contribution in [2.24, 2.45) is 0 Å². The van der Waals surface area contributed by atoms with E-state index in [0.717, 1.165) is 0 Å². The predicted octanol–water partition coefficient (Wildman–Crippen LogP) is -2.14. The lowest BCUT2D eigenvalue weighted by Gasteiger charge is -2.11. The molecule has 0 fully saturated rings. The van der Waals surface area contributed by atoms with Gasteiger partial charge in [-0.2, -0.15) is 12.6 Å². The van der Waals surface area contributed by atoms with Gasteiger partial charge in [-0.05, 0) is 0 Å². The first kappa shape index (κ1) is 11.4. The van der Waals surface area contributed by atoms with Gasteiger partial charge in [-0.15, -0.1) is 0 Å². The molecule has 0 spiro atoms. The van der Waals surface area contributed by atoms with Gasteiger partial charge in [-0.1, -0.05) is 0 Å². The van der Waals surface area contributed by atoms with E-state index in [1.165, 1.54) is 6.29 Å². The molecule has 2 unspecified atom stereocenters. The van der Waals surface area contributed by atoms with Gasteiger partial charge in [0.25, 0.3) is 5.91 Å². The third kappa shape index (κ3) is 3.70. The Bertz CT molecular complexity index is 164. The van der Waals surface area contributed by atoms with E-state index in [-0.39, 0.29) is 5.75 Å². The van der Waals surface area contributed by atoms with E-state index in [1.807, 2.05) is 0 Å². The summed E-state index contributed by atoms with van der Waals surface area (Å²) in [4.78, 5) is 20.8. The molecule has 0 aliphatic heterocycles. The normalized spacial score (nSPS) is 14.9. The van der Waals surface area contributed by atoms with Gasteiger partial charge in [0, 0.05) is 5.75 Å². The maximum atomic E-state index is 10.8. The zero-order chi connectivity index (χ0) is 9.56. The van der Waals surface area contributed by atoms with Gasteiger partial charge in [0.2, 0.25) is 6.29 Å². The second kappa shape index (κ2) is 5.99. The summed E-state index contributed by atoms with van der Waals surface area (Å²) in [6.07, 6.45) is 0.0112. The zero-order valence-corrected chi connectivity index (χ0v) is 7.12. The van der Waals surface area contributed by atoms with Crippen molar-refractivity contribution >= 4 is 24.8 Å². The monoisotopic (exact) mass is 192 g/mol. The minimum Gasteiger partial charge on any atom is -0.393 e. The minimum absolute atomic E-state index is 0.105. The van der Waals surface area contributed by atoms with E-state index in [2.05, 4.69) is 17.9 Å². The van der Waals surface area contributed by atoms with Crippen LogP contribution in [-0.2, 0) is 9.59 Å². The molecule has 0 aromatic rings. The Hall–Kier alpha value is -0.590. The molecule has 0 saturated carbocycles. The van der Waals surface area contributed by atoms with Gasteiger partial charge in [-0.3, -0.25) is 9.59 Å². The first-order valence-electron chi connectivity index (χ1n) is 3.23. The van der Waals surface area contributed by atoms with Crippen molar-refractivity contribution in [3.05, 3.63) is 0 Å². The summed E-state index contributed by atoms with van der Waals surface area (Å²) in [6, 6.07) is -0.845. The van der Waals surface area contributed by atoms with Crippen molar-refractivity contribution in [2.45, 2.75) is 12.1 Å². The van der Waals surface area contributed by atoms with Crippen LogP contribution in [-0.4, -0.2) is 46.9 Å². The number of carbonyl (C=O) groups is 1. The average molecular weight is 192 g/mol. The molecule has 12 heavy (non-hydrogen) atoms. The van der Waals surface area contributed by atoms with Gasteiger partial charge < -0.3 is 15.5 Å². The number of aliphatic hydroxyl groups excluding tert-OH is 2. The van der Waals surface area contributed by atoms with Crippen LogP contribution in [0.25, 0.3) is 0 Å². The fourth-order valence-electron chi connectivity index (χ4n) is 0.463. The van der Waals surface area contributed by atoms with Crippen LogP contribution >= 0.6 is 12.6 Å². The van der Waals surface area contributed by atoms with Crippen LogP contribution in [0.15, 0.2) is 0 Å². The Morgan fingerprint density at radius 1 is 1.67 bits per heavy atom. The highest BCUT2D eigenvalue weighted by atomic mass is 32.1. The van der Waals surface area contributed by atoms with E-state index in [9.17, 15) is 9.59 Å². The Kier molecular flexibility index (Phi) is 5.69. The molecule has 2 atom stereocenters. The average Bonchev–Trinajstić information content (AvgIpc) is 2.12.